The van der Waals surface area contributed by atoms with Crippen molar-refractivity contribution in [2.45, 2.75) is 44.9 Å². The summed E-state index contributed by atoms with van der Waals surface area (Å²) in [6.07, 6.45) is 6.53. The molecule has 28 heavy (non-hydrogen) atoms. The van der Waals surface area contributed by atoms with E-state index in [4.69, 9.17) is 4.74 Å². The Bertz CT molecular complexity index is 907. The minimum atomic E-state index is -0.0530. The van der Waals surface area contributed by atoms with E-state index in [-0.39, 0.29) is 11.8 Å². The second-order valence-corrected chi connectivity index (χ2v) is 7.57. The second-order valence-electron chi connectivity index (χ2n) is 7.57. The van der Waals surface area contributed by atoms with Gasteiger partial charge in [0.15, 0.2) is 0 Å². The number of hydrogen-bond donors (Lipinski definition) is 1. The predicted octanol–water partition coefficient (Wildman–Crippen LogP) is 3.88. The van der Waals surface area contributed by atoms with Gasteiger partial charge >= 0.3 is 0 Å². The van der Waals surface area contributed by atoms with Crippen LogP contribution >= 0.6 is 0 Å². The lowest BCUT2D eigenvalue weighted by molar-refractivity contribution is -0.117. The van der Waals surface area contributed by atoms with Gasteiger partial charge in [-0.1, -0.05) is 18.2 Å². The molecule has 0 bridgehead atoms. The summed E-state index contributed by atoms with van der Waals surface area (Å²) < 4.78 is 5.46. The summed E-state index contributed by atoms with van der Waals surface area (Å²) in [5, 5.41) is 2.95. The van der Waals surface area contributed by atoms with Gasteiger partial charge in [0.25, 0.3) is 0 Å². The minimum absolute atomic E-state index is 0.0530. The van der Waals surface area contributed by atoms with Crippen molar-refractivity contribution < 1.29 is 14.3 Å². The van der Waals surface area contributed by atoms with Crippen molar-refractivity contribution in [3.63, 3.8) is 0 Å². The molecule has 5 heteroatoms. The first-order valence-electron chi connectivity index (χ1n) is 10.0. The van der Waals surface area contributed by atoms with Crippen molar-refractivity contribution in [2.24, 2.45) is 0 Å². The van der Waals surface area contributed by atoms with E-state index in [0.717, 1.165) is 30.5 Å². The van der Waals surface area contributed by atoms with Crippen molar-refractivity contribution in [3.8, 4) is 5.75 Å². The quantitative estimate of drug-likeness (QED) is 0.859. The van der Waals surface area contributed by atoms with Crippen LogP contribution in [0.2, 0.25) is 0 Å². The summed E-state index contributed by atoms with van der Waals surface area (Å²) in [4.78, 5) is 26.3. The largest absolute Gasteiger partial charge is 0.494 e. The van der Waals surface area contributed by atoms with Crippen LogP contribution in [0, 0.1) is 0 Å². The Morgan fingerprint density at radius 3 is 2.61 bits per heavy atom. The molecule has 1 fully saturated rings. The van der Waals surface area contributed by atoms with E-state index >= 15 is 0 Å². The zero-order valence-electron chi connectivity index (χ0n) is 16.3. The van der Waals surface area contributed by atoms with Gasteiger partial charge in [-0.2, -0.15) is 0 Å². The van der Waals surface area contributed by atoms with Gasteiger partial charge in [0.2, 0.25) is 11.8 Å². The fourth-order valence-corrected chi connectivity index (χ4v) is 4.17. The molecule has 2 aromatic carbocycles. The van der Waals surface area contributed by atoms with E-state index in [1.165, 1.54) is 24.0 Å². The highest BCUT2D eigenvalue weighted by atomic mass is 16.5. The Morgan fingerprint density at radius 1 is 1.04 bits per heavy atom. The van der Waals surface area contributed by atoms with E-state index in [0.29, 0.717) is 30.8 Å². The molecule has 0 aromatic heterocycles. The van der Waals surface area contributed by atoms with Crippen LogP contribution in [0.15, 0.2) is 36.4 Å². The molecule has 1 heterocycles. The highest BCUT2D eigenvalue weighted by molar-refractivity contribution is 5.98. The topological polar surface area (TPSA) is 58.6 Å². The van der Waals surface area contributed by atoms with Crippen LogP contribution in [0.1, 0.15) is 42.4 Å². The number of rotatable bonds is 5. The first-order valence-corrected chi connectivity index (χ1v) is 10.0. The molecule has 2 aliphatic rings. The average Bonchev–Trinajstić information content (AvgIpc) is 3.13. The standard InChI is InChI=1S/C23H26N2O3/c1-28-21-15-19(10-11-20(21)25-12-4-7-23(25)27)24-22(26)14-16-8-9-17-5-2-3-6-18(17)13-16/h8-11,13,15H,2-7,12,14H2,1H3,(H,24,26). The molecule has 4 rings (SSSR count). The van der Waals surface area contributed by atoms with Crippen molar-refractivity contribution in [1.29, 1.82) is 0 Å². The van der Waals surface area contributed by atoms with E-state index in [9.17, 15) is 9.59 Å². The van der Waals surface area contributed by atoms with Crippen LogP contribution in [0.3, 0.4) is 0 Å². The molecule has 0 saturated carbocycles. The Morgan fingerprint density at radius 2 is 1.86 bits per heavy atom. The Hall–Kier alpha value is -2.82. The average molecular weight is 378 g/mol. The Balaban J connectivity index is 1.45. The summed E-state index contributed by atoms with van der Waals surface area (Å²) >= 11 is 0. The molecule has 2 amide bonds. The van der Waals surface area contributed by atoms with Gasteiger partial charge < -0.3 is 15.0 Å². The van der Waals surface area contributed by atoms with Crippen LogP contribution < -0.4 is 15.0 Å². The fraction of sp³-hybridized carbons (Fsp3) is 0.391. The number of carbonyl (C=O) groups is 2. The van der Waals surface area contributed by atoms with Gasteiger partial charge in [-0.25, -0.2) is 0 Å². The third kappa shape index (κ3) is 3.88. The number of amides is 2. The number of fused-ring (bicyclic) bond motifs is 1. The van der Waals surface area contributed by atoms with Crippen LogP contribution in [0.4, 0.5) is 11.4 Å². The number of methoxy groups -OCH3 is 1. The van der Waals surface area contributed by atoms with Crippen molar-refractivity contribution >= 4 is 23.2 Å². The Kier molecular flexibility index (Phi) is 5.33. The zero-order valence-corrected chi connectivity index (χ0v) is 16.3. The van der Waals surface area contributed by atoms with Crippen molar-refractivity contribution in [3.05, 3.63) is 53.1 Å². The number of nitrogens with zero attached hydrogens (tertiary/aromatic N) is 1. The summed E-state index contributed by atoms with van der Waals surface area (Å²) in [5.41, 5.74) is 5.29. The predicted molar refractivity (Wildman–Crippen MR) is 110 cm³/mol. The molecule has 1 aliphatic heterocycles. The maximum absolute atomic E-state index is 12.5. The summed E-state index contributed by atoms with van der Waals surface area (Å²) in [6, 6.07) is 11.9. The number of nitrogens with one attached hydrogen (secondary N) is 1. The Labute approximate surface area is 165 Å². The lowest BCUT2D eigenvalue weighted by Crippen LogP contribution is -2.24. The highest BCUT2D eigenvalue weighted by Crippen LogP contribution is 2.34. The molecular formula is C23H26N2O3. The molecular weight excluding hydrogens is 352 g/mol. The van der Waals surface area contributed by atoms with Gasteiger partial charge in [-0.3, -0.25) is 9.59 Å². The number of aryl methyl sites for hydroxylation is 2. The second kappa shape index (κ2) is 8.05. The highest BCUT2D eigenvalue weighted by Gasteiger charge is 2.24. The van der Waals surface area contributed by atoms with Gasteiger partial charge in [0.05, 0.1) is 19.2 Å². The number of hydrogen-bond acceptors (Lipinski definition) is 3. The first kappa shape index (κ1) is 18.5. The molecule has 0 spiro atoms. The molecule has 1 saturated heterocycles. The number of carbonyl (C=O) groups excluding carboxylic acids is 2. The molecule has 5 nitrogen and oxygen atoms in total. The van der Waals surface area contributed by atoms with Gasteiger partial charge in [0, 0.05) is 24.7 Å². The van der Waals surface area contributed by atoms with Crippen LogP contribution in [-0.4, -0.2) is 25.5 Å². The maximum Gasteiger partial charge on any atom is 0.228 e. The van der Waals surface area contributed by atoms with Crippen LogP contribution in [0.25, 0.3) is 0 Å². The molecule has 1 aliphatic carbocycles. The lowest BCUT2D eigenvalue weighted by Gasteiger charge is -2.20. The van der Waals surface area contributed by atoms with Crippen molar-refractivity contribution in [2.75, 3.05) is 23.9 Å². The number of benzene rings is 2. The summed E-state index contributed by atoms with van der Waals surface area (Å²) in [6.45, 7) is 0.708. The van der Waals surface area contributed by atoms with Crippen LogP contribution in [-0.2, 0) is 28.9 Å². The maximum atomic E-state index is 12.5. The van der Waals surface area contributed by atoms with E-state index < -0.39 is 0 Å². The normalized spacial score (nSPS) is 16.0. The summed E-state index contributed by atoms with van der Waals surface area (Å²) in [7, 11) is 1.58. The fourth-order valence-electron chi connectivity index (χ4n) is 4.17. The van der Waals surface area contributed by atoms with Crippen molar-refractivity contribution in [1.82, 2.24) is 0 Å². The van der Waals surface area contributed by atoms with Crippen LogP contribution in [0.5, 0.6) is 5.75 Å². The molecule has 0 unspecified atom stereocenters. The zero-order chi connectivity index (χ0) is 19.5. The molecule has 0 atom stereocenters. The lowest BCUT2D eigenvalue weighted by atomic mass is 9.90. The monoisotopic (exact) mass is 378 g/mol. The minimum Gasteiger partial charge on any atom is -0.494 e. The SMILES string of the molecule is COc1cc(NC(=O)Cc2ccc3c(c2)CCCC3)ccc1N1CCCC1=O. The molecule has 1 N–H and O–H groups in total. The summed E-state index contributed by atoms with van der Waals surface area (Å²) in [5.74, 6) is 0.659. The third-order valence-electron chi connectivity index (χ3n) is 5.61. The molecule has 2 aromatic rings. The molecule has 146 valence electrons. The smallest absolute Gasteiger partial charge is 0.228 e. The third-order valence-corrected chi connectivity index (χ3v) is 5.61. The van der Waals surface area contributed by atoms with Gasteiger partial charge in [-0.15, -0.1) is 0 Å². The number of anilines is 2. The van der Waals surface area contributed by atoms with E-state index in [1.54, 1.807) is 18.1 Å². The van der Waals surface area contributed by atoms with E-state index in [2.05, 4.69) is 23.5 Å². The first-order chi connectivity index (χ1) is 13.6. The van der Waals surface area contributed by atoms with E-state index in [1.807, 2.05) is 12.1 Å². The van der Waals surface area contributed by atoms with Gasteiger partial charge in [0.1, 0.15) is 5.75 Å². The molecule has 0 radical (unpaired) electrons. The van der Waals surface area contributed by atoms with Gasteiger partial charge in [-0.05, 0) is 60.9 Å². The number of ether oxygens (including phenoxy) is 1.